The van der Waals surface area contributed by atoms with Crippen molar-refractivity contribution in [3.05, 3.63) is 23.4 Å². The molecule has 0 aliphatic rings. The lowest BCUT2D eigenvalue weighted by Gasteiger charge is -2.18. The van der Waals surface area contributed by atoms with Gasteiger partial charge in [-0.2, -0.15) is 0 Å². The molecule has 1 aromatic carbocycles. The molecule has 1 N–H and O–H groups in total. The number of nitrogens with one attached hydrogen (secondary N) is 1. The summed E-state index contributed by atoms with van der Waals surface area (Å²) in [6.07, 6.45) is 0. The van der Waals surface area contributed by atoms with E-state index in [9.17, 15) is 0 Å². The highest BCUT2D eigenvalue weighted by molar-refractivity contribution is 6.01. The quantitative estimate of drug-likeness (QED) is 0.869. The van der Waals surface area contributed by atoms with Crippen LogP contribution in [-0.4, -0.2) is 24.7 Å². The van der Waals surface area contributed by atoms with Gasteiger partial charge < -0.3 is 14.8 Å². The van der Waals surface area contributed by atoms with Gasteiger partial charge in [-0.05, 0) is 52.3 Å². The second-order valence-corrected chi connectivity index (χ2v) is 4.88. The van der Waals surface area contributed by atoms with Crippen LogP contribution in [0.1, 0.15) is 32.0 Å². The summed E-state index contributed by atoms with van der Waals surface area (Å²) in [6.45, 7) is 12.3. The van der Waals surface area contributed by atoms with Gasteiger partial charge >= 0.3 is 0 Å². The molecule has 0 bridgehead atoms. The number of nitrogens with zero attached hydrogens (tertiary/aromatic N) is 1. The van der Waals surface area contributed by atoms with Crippen LogP contribution in [0.4, 0.5) is 5.69 Å². The summed E-state index contributed by atoms with van der Waals surface area (Å²) in [4.78, 5) is 4.73. The molecule has 0 aliphatic carbocycles. The maximum absolute atomic E-state index is 5.80. The minimum atomic E-state index is 0.619. The smallest absolute Gasteiger partial charge is 0.145 e. The van der Waals surface area contributed by atoms with Crippen LogP contribution < -0.4 is 14.8 Å². The van der Waals surface area contributed by atoms with Crippen molar-refractivity contribution in [2.75, 3.05) is 25.1 Å². The zero-order chi connectivity index (χ0) is 15.4. The number of benzene rings is 1. The zero-order valence-corrected chi connectivity index (χ0v) is 13.5. The molecule has 4 heteroatoms. The molecular formula is C17H24N2O2. The Morgan fingerprint density at radius 1 is 1.00 bits per heavy atom. The number of pyridine rings is 1. The zero-order valence-electron chi connectivity index (χ0n) is 13.5. The van der Waals surface area contributed by atoms with Gasteiger partial charge in [-0.1, -0.05) is 0 Å². The van der Waals surface area contributed by atoms with Gasteiger partial charge in [-0.3, -0.25) is 0 Å². The van der Waals surface area contributed by atoms with E-state index in [-0.39, 0.29) is 0 Å². The third-order valence-corrected chi connectivity index (χ3v) is 3.50. The van der Waals surface area contributed by atoms with Crippen molar-refractivity contribution < 1.29 is 9.47 Å². The lowest BCUT2D eigenvalue weighted by molar-refractivity contribution is 0.336. The van der Waals surface area contributed by atoms with Gasteiger partial charge in [0.15, 0.2) is 0 Å². The van der Waals surface area contributed by atoms with Crippen LogP contribution in [0.5, 0.6) is 11.5 Å². The minimum Gasteiger partial charge on any atom is -0.493 e. The van der Waals surface area contributed by atoms with Gasteiger partial charge in [-0.25, -0.2) is 4.98 Å². The van der Waals surface area contributed by atoms with Gasteiger partial charge in [0.2, 0.25) is 0 Å². The third kappa shape index (κ3) is 2.89. The molecule has 21 heavy (non-hydrogen) atoms. The molecule has 0 radical (unpaired) electrons. The van der Waals surface area contributed by atoms with E-state index >= 15 is 0 Å². The van der Waals surface area contributed by atoms with Crippen molar-refractivity contribution in [2.45, 2.75) is 34.6 Å². The van der Waals surface area contributed by atoms with Crippen LogP contribution in [0.25, 0.3) is 10.9 Å². The van der Waals surface area contributed by atoms with Crippen LogP contribution in [0.15, 0.2) is 12.1 Å². The standard InChI is InChI=1S/C17H24N2O2/c1-6-18-16-11(4)12(5)19-17-14(21-8-3)10-9-13(15(16)17)20-7-2/h9-10H,6-8H2,1-5H3,(H,18,19). The summed E-state index contributed by atoms with van der Waals surface area (Å²) in [5.74, 6) is 1.65. The van der Waals surface area contributed by atoms with Gasteiger partial charge in [-0.15, -0.1) is 0 Å². The predicted molar refractivity (Wildman–Crippen MR) is 87.7 cm³/mol. The number of rotatable bonds is 6. The number of aryl methyl sites for hydroxylation is 1. The van der Waals surface area contributed by atoms with E-state index in [0.717, 1.165) is 45.9 Å². The normalized spacial score (nSPS) is 10.7. The Labute approximate surface area is 126 Å². The molecule has 114 valence electrons. The summed E-state index contributed by atoms with van der Waals surface area (Å²) in [7, 11) is 0. The van der Waals surface area contributed by atoms with E-state index in [1.165, 1.54) is 0 Å². The number of fused-ring (bicyclic) bond motifs is 1. The fraction of sp³-hybridized carbons (Fsp3) is 0.471. The molecule has 0 spiro atoms. The molecule has 0 saturated carbocycles. The molecule has 1 aromatic heterocycles. The molecule has 0 fully saturated rings. The second-order valence-electron chi connectivity index (χ2n) is 4.88. The molecule has 2 rings (SSSR count). The third-order valence-electron chi connectivity index (χ3n) is 3.50. The number of hydrogen-bond donors (Lipinski definition) is 1. The van der Waals surface area contributed by atoms with Gasteiger partial charge in [0.05, 0.1) is 24.3 Å². The number of anilines is 1. The molecular weight excluding hydrogens is 264 g/mol. The number of ether oxygens (including phenoxy) is 2. The first-order valence-corrected chi connectivity index (χ1v) is 7.57. The Morgan fingerprint density at radius 2 is 1.62 bits per heavy atom. The molecule has 0 atom stereocenters. The Bertz CT molecular complexity index is 638. The number of aromatic nitrogens is 1. The molecule has 0 unspecified atom stereocenters. The van der Waals surface area contributed by atoms with Gasteiger partial charge in [0.1, 0.15) is 17.0 Å². The van der Waals surface area contributed by atoms with Crippen LogP contribution in [0.3, 0.4) is 0 Å². The van der Waals surface area contributed by atoms with E-state index in [0.29, 0.717) is 13.2 Å². The van der Waals surface area contributed by atoms with Crippen molar-refractivity contribution in [3.8, 4) is 11.5 Å². The van der Waals surface area contributed by atoms with Crippen LogP contribution in [0.2, 0.25) is 0 Å². The largest absolute Gasteiger partial charge is 0.493 e. The lowest BCUT2D eigenvalue weighted by Crippen LogP contribution is -2.06. The van der Waals surface area contributed by atoms with E-state index in [1.807, 2.05) is 32.9 Å². The SMILES string of the molecule is CCNc1c(C)c(C)nc2c(OCC)ccc(OCC)c12. The molecule has 0 saturated heterocycles. The second kappa shape index (κ2) is 6.66. The van der Waals surface area contributed by atoms with Gasteiger partial charge in [0, 0.05) is 12.2 Å². The maximum Gasteiger partial charge on any atom is 0.145 e. The summed E-state index contributed by atoms with van der Waals surface area (Å²) in [5, 5.41) is 4.46. The van der Waals surface area contributed by atoms with E-state index in [1.54, 1.807) is 0 Å². The van der Waals surface area contributed by atoms with Crippen LogP contribution in [0, 0.1) is 13.8 Å². The fourth-order valence-electron chi connectivity index (χ4n) is 2.47. The molecule has 2 aromatic rings. The van der Waals surface area contributed by atoms with Crippen molar-refractivity contribution in [1.29, 1.82) is 0 Å². The molecule has 0 amide bonds. The highest BCUT2D eigenvalue weighted by atomic mass is 16.5. The van der Waals surface area contributed by atoms with Crippen molar-refractivity contribution >= 4 is 16.6 Å². The lowest BCUT2D eigenvalue weighted by atomic mass is 10.1. The maximum atomic E-state index is 5.80. The van der Waals surface area contributed by atoms with E-state index in [4.69, 9.17) is 14.5 Å². The Kier molecular flexibility index (Phi) is 4.89. The van der Waals surface area contributed by atoms with E-state index in [2.05, 4.69) is 19.2 Å². The molecule has 4 nitrogen and oxygen atoms in total. The molecule has 1 heterocycles. The summed E-state index contributed by atoms with van der Waals surface area (Å²) >= 11 is 0. The van der Waals surface area contributed by atoms with Crippen molar-refractivity contribution in [1.82, 2.24) is 4.98 Å². The van der Waals surface area contributed by atoms with Crippen LogP contribution >= 0.6 is 0 Å². The average molecular weight is 288 g/mol. The first kappa shape index (κ1) is 15.4. The highest BCUT2D eigenvalue weighted by Crippen LogP contribution is 2.39. The predicted octanol–water partition coefficient (Wildman–Crippen LogP) is 4.08. The number of hydrogen-bond acceptors (Lipinski definition) is 4. The first-order chi connectivity index (χ1) is 10.1. The van der Waals surface area contributed by atoms with E-state index < -0.39 is 0 Å². The highest BCUT2D eigenvalue weighted by Gasteiger charge is 2.17. The first-order valence-electron chi connectivity index (χ1n) is 7.57. The summed E-state index contributed by atoms with van der Waals surface area (Å²) < 4.78 is 11.5. The molecule has 0 aliphatic heterocycles. The monoisotopic (exact) mass is 288 g/mol. The Hall–Kier alpha value is -1.97. The summed E-state index contributed by atoms with van der Waals surface area (Å²) in [6, 6.07) is 3.91. The Balaban J connectivity index is 2.82. The van der Waals surface area contributed by atoms with Gasteiger partial charge in [0.25, 0.3) is 0 Å². The van der Waals surface area contributed by atoms with Crippen molar-refractivity contribution in [3.63, 3.8) is 0 Å². The van der Waals surface area contributed by atoms with Crippen molar-refractivity contribution in [2.24, 2.45) is 0 Å². The fourth-order valence-corrected chi connectivity index (χ4v) is 2.47. The minimum absolute atomic E-state index is 0.619. The Morgan fingerprint density at radius 3 is 2.24 bits per heavy atom. The van der Waals surface area contributed by atoms with Crippen LogP contribution in [-0.2, 0) is 0 Å². The topological polar surface area (TPSA) is 43.4 Å². The average Bonchev–Trinajstić information content (AvgIpc) is 2.47. The summed E-state index contributed by atoms with van der Waals surface area (Å²) in [5.41, 5.74) is 4.11.